The molecule has 0 radical (unpaired) electrons. The van der Waals surface area contributed by atoms with Gasteiger partial charge in [-0.1, -0.05) is 26.2 Å². The number of amides is 1. The second kappa shape index (κ2) is 11.1. The maximum atomic E-state index is 12.4. The molecule has 5 nitrogen and oxygen atoms in total. The van der Waals surface area contributed by atoms with Gasteiger partial charge in [0.2, 0.25) is 5.91 Å². The third-order valence-electron chi connectivity index (χ3n) is 10.6. The molecule has 5 heteroatoms. The van der Waals surface area contributed by atoms with E-state index < -0.39 is 12.0 Å². The van der Waals surface area contributed by atoms with E-state index in [1.807, 2.05) is 0 Å². The number of hydrogen-bond donors (Lipinski definition) is 3. The lowest BCUT2D eigenvalue weighted by molar-refractivity contribution is -0.142. The normalized spacial score (nSPS) is 38.6. The lowest BCUT2D eigenvalue weighted by Crippen LogP contribution is -2.48. The van der Waals surface area contributed by atoms with E-state index in [9.17, 15) is 14.7 Å². The summed E-state index contributed by atoms with van der Waals surface area (Å²) < 4.78 is 0. The van der Waals surface area contributed by atoms with Crippen LogP contribution in [-0.4, -0.2) is 29.6 Å². The molecule has 4 aliphatic carbocycles. The van der Waals surface area contributed by atoms with Crippen LogP contribution in [0.5, 0.6) is 0 Å². The van der Waals surface area contributed by atoms with Gasteiger partial charge in [0, 0.05) is 6.42 Å². The molecule has 4 rings (SSSR count). The minimum Gasteiger partial charge on any atom is -0.480 e. The van der Waals surface area contributed by atoms with Crippen LogP contribution in [0.2, 0.25) is 0 Å². The van der Waals surface area contributed by atoms with Crippen LogP contribution in [0.3, 0.4) is 0 Å². The fraction of sp³-hybridized carbons (Fsp3) is 0.929. The summed E-state index contributed by atoms with van der Waals surface area (Å²) in [5, 5.41) is 12.2. The van der Waals surface area contributed by atoms with Crippen LogP contribution in [0, 0.1) is 40.9 Å². The molecule has 4 N–H and O–H groups in total. The van der Waals surface area contributed by atoms with Crippen LogP contribution in [0.15, 0.2) is 0 Å². The number of nitrogens with one attached hydrogen (secondary N) is 1. The van der Waals surface area contributed by atoms with Gasteiger partial charge in [0.1, 0.15) is 6.04 Å². The molecule has 0 bridgehead atoms. The zero-order valence-electron chi connectivity index (χ0n) is 20.9. The van der Waals surface area contributed by atoms with Gasteiger partial charge < -0.3 is 16.2 Å². The summed E-state index contributed by atoms with van der Waals surface area (Å²) in [6, 6.07) is -0.775. The Bertz CT molecular complexity index is 682. The highest BCUT2D eigenvalue weighted by Crippen LogP contribution is 2.64. The second-order valence-corrected chi connectivity index (χ2v) is 12.2. The summed E-state index contributed by atoms with van der Waals surface area (Å²) in [7, 11) is 0. The van der Waals surface area contributed by atoms with Crippen LogP contribution < -0.4 is 11.1 Å². The van der Waals surface area contributed by atoms with E-state index in [1.165, 1.54) is 64.2 Å². The minimum atomic E-state index is -0.934. The average molecular weight is 461 g/mol. The topological polar surface area (TPSA) is 92.4 Å². The van der Waals surface area contributed by atoms with Crippen LogP contribution in [0.4, 0.5) is 0 Å². The summed E-state index contributed by atoms with van der Waals surface area (Å²) in [5.41, 5.74) is 5.97. The van der Waals surface area contributed by atoms with E-state index in [-0.39, 0.29) is 5.91 Å². The maximum absolute atomic E-state index is 12.4. The van der Waals surface area contributed by atoms with Crippen molar-refractivity contribution in [3.05, 3.63) is 0 Å². The Hall–Kier alpha value is -1.10. The van der Waals surface area contributed by atoms with E-state index in [2.05, 4.69) is 12.2 Å². The van der Waals surface area contributed by atoms with Gasteiger partial charge in [-0.25, -0.2) is 4.79 Å². The van der Waals surface area contributed by atoms with Crippen molar-refractivity contribution in [2.24, 2.45) is 46.7 Å². The molecule has 8 unspecified atom stereocenters. The lowest BCUT2D eigenvalue weighted by Gasteiger charge is -2.56. The first kappa shape index (κ1) is 25.0. The summed E-state index contributed by atoms with van der Waals surface area (Å²) in [6.45, 7) is 3.14. The van der Waals surface area contributed by atoms with Crippen molar-refractivity contribution in [1.82, 2.24) is 5.32 Å². The first-order valence-electron chi connectivity index (χ1n) is 14.2. The van der Waals surface area contributed by atoms with Gasteiger partial charge in [-0.3, -0.25) is 4.79 Å². The molecule has 4 saturated carbocycles. The molecule has 0 heterocycles. The first-order valence-corrected chi connectivity index (χ1v) is 14.2. The summed E-state index contributed by atoms with van der Waals surface area (Å²) in [4.78, 5) is 23.9. The number of fused-ring (bicyclic) bond motifs is 5. The fourth-order valence-electron chi connectivity index (χ4n) is 8.94. The van der Waals surface area contributed by atoms with Crippen molar-refractivity contribution < 1.29 is 14.7 Å². The standard InChI is InChI=1S/C28H48N2O3/c1-28-17-16-22-21-9-3-2-7-19(21)12-14-23(22)24(28)15-13-20(28)8-6-11-26(31)30-25(27(32)33)10-4-5-18-29/h19-25H,2-18,29H2,1H3,(H,30,31)(H,32,33). The molecule has 8 atom stereocenters. The summed E-state index contributed by atoms with van der Waals surface area (Å²) in [5.74, 6) is 4.61. The zero-order valence-corrected chi connectivity index (χ0v) is 20.9. The Morgan fingerprint density at radius 3 is 2.58 bits per heavy atom. The fourth-order valence-corrected chi connectivity index (χ4v) is 8.94. The number of carbonyl (C=O) groups excluding carboxylic acids is 1. The van der Waals surface area contributed by atoms with Gasteiger partial charge in [0.25, 0.3) is 0 Å². The van der Waals surface area contributed by atoms with E-state index in [0.717, 1.165) is 61.2 Å². The molecular weight excluding hydrogens is 412 g/mol. The Balaban J connectivity index is 1.26. The van der Waals surface area contributed by atoms with Gasteiger partial charge in [-0.2, -0.15) is 0 Å². The molecule has 0 aromatic rings. The molecule has 0 spiro atoms. The number of carboxylic acids is 1. The quantitative estimate of drug-likeness (QED) is 0.375. The smallest absolute Gasteiger partial charge is 0.326 e. The molecule has 0 aromatic heterocycles. The average Bonchev–Trinajstić information content (AvgIpc) is 3.14. The molecular formula is C28H48N2O3. The van der Waals surface area contributed by atoms with Crippen LogP contribution in [0.25, 0.3) is 0 Å². The van der Waals surface area contributed by atoms with E-state index in [1.54, 1.807) is 0 Å². The van der Waals surface area contributed by atoms with Crippen LogP contribution >= 0.6 is 0 Å². The Morgan fingerprint density at radius 2 is 1.79 bits per heavy atom. The SMILES string of the molecule is CC12CCC3C4CCCCC4CCC3C1CCC2CCCC(=O)NC(CCCCN)C(=O)O. The van der Waals surface area contributed by atoms with Crippen molar-refractivity contribution in [3.63, 3.8) is 0 Å². The Kier molecular flexibility index (Phi) is 8.41. The van der Waals surface area contributed by atoms with Crippen molar-refractivity contribution in [1.29, 1.82) is 0 Å². The highest BCUT2D eigenvalue weighted by molar-refractivity contribution is 5.83. The Labute approximate surface area is 201 Å². The molecule has 188 valence electrons. The molecule has 0 aliphatic heterocycles. The van der Waals surface area contributed by atoms with Crippen LogP contribution in [-0.2, 0) is 9.59 Å². The van der Waals surface area contributed by atoms with E-state index >= 15 is 0 Å². The predicted octanol–water partition coefficient (Wildman–Crippen LogP) is 5.51. The van der Waals surface area contributed by atoms with Gasteiger partial charge >= 0.3 is 5.97 Å². The number of hydrogen-bond acceptors (Lipinski definition) is 3. The zero-order chi connectivity index (χ0) is 23.4. The Morgan fingerprint density at radius 1 is 0.970 bits per heavy atom. The third kappa shape index (κ3) is 5.44. The number of rotatable bonds is 10. The van der Waals surface area contributed by atoms with E-state index in [4.69, 9.17) is 5.73 Å². The molecule has 0 saturated heterocycles. The van der Waals surface area contributed by atoms with Crippen molar-refractivity contribution >= 4 is 11.9 Å². The largest absolute Gasteiger partial charge is 0.480 e. The molecule has 4 fully saturated rings. The molecule has 0 aromatic carbocycles. The van der Waals surface area contributed by atoms with Crippen LogP contribution in [0.1, 0.15) is 110 Å². The summed E-state index contributed by atoms with van der Waals surface area (Å²) in [6.07, 6.45) is 18.9. The molecule has 4 aliphatic rings. The van der Waals surface area contributed by atoms with Crippen molar-refractivity contribution in [3.8, 4) is 0 Å². The second-order valence-electron chi connectivity index (χ2n) is 12.2. The first-order chi connectivity index (χ1) is 15.9. The number of nitrogens with two attached hydrogens (primary N) is 1. The van der Waals surface area contributed by atoms with Crippen molar-refractivity contribution in [2.45, 2.75) is 116 Å². The number of unbranched alkanes of at least 4 members (excludes halogenated alkanes) is 1. The lowest BCUT2D eigenvalue weighted by atomic mass is 9.49. The molecule has 1 amide bonds. The van der Waals surface area contributed by atoms with Gasteiger partial charge in [0.05, 0.1) is 0 Å². The number of aliphatic carboxylic acids is 1. The monoisotopic (exact) mass is 460 g/mol. The number of carbonyl (C=O) groups is 2. The molecule has 33 heavy (non-hydrogen) atoms. The highest BCUT2D eigenvalue weighted by Gasteiger charge is 2.56. The maximum Gasteiger partial charge on any atom is 0.326 e. The minimum absolute atomic E-state index is 0.103. The van der Waals surface area contributed by atoms with Gasteiger partial charge in [-0.05, 0) is 125 Å². The highest BCUT2D eigenvalue weighted by atomic mass is 16.4. The van der Waals surface area contributed by atoms with E-state index in [0.29, 0.717) is 24.8 Å². The summed E-state index contributed by atoms with van der Waals surface area (Å²) >= 11 is 0. The van der Waals surface area contributed by atoms with Crippen molar-refractivity contribution in [2.75, 3.05) is 6.54 Å². The third-order valence-corrected chi connectivity index (χ3v) is 10.6. The number of carboxylic acid groups (broad SMARTS) is 1. The predicted molar refractivity (Wildman–Crippen MR) is 132 cm³/mol. The van der Waals surface area contributed by atoms with Gasteiger partial charge in [-0.15, -0.1) is 0 Å². The van der Waals surface area contributed by atoms with Gasteiger partial charge in [0.15, 0.2) is 0 Å².